The standard InChI is InChI=1S/C22H27N5O2/c1-15(2)29-7-6-27-13-20(14-27)22(28)25-21-9-18-8-16(4-5-17(18)10-23-21)19-11-24-26(3)12-19/h4-5,8-12,15,20H,6-7,13-14H2,1-3H3,(H,23,25,28). The van der Waals surface area contributed by atoms with Gasteiger partial charge in [-0.05, 0) is 36.9 Å². The summed E-state index contributed by atoms with van der Waals surface area (Å²) >= 11 is 0. The van der Waals surface area contributed by atoms with E-state index in [1.807, 2.05) is 45.4 Å². The fourth-order valence-electron chi connectivity index (χ4n) is 3.52. The van der Waals surface area contributed by atoms with Crippen LogP contribution in [0.15, 0.2) is 42.9 Å². The maximum Gasteiger partial charge on any atom is 0.231 e. The van der Waals surface area contributed by atoms with Crippen LogP contribution in [0.4, 0.5) is 5.82 Å². The van der Waals surface area contributed by atoms with Gasteiger partial charge in [0.25, 0.3) is 0 Å². The number of carbonyl (C=O) groups is 1. The van der Waals surface area contributed by atoms with Crippen molar-refractivity contribution in [2.45, 2.75) is 20.0 Å². The summed E-state index contributed by atoms with van der Waals surface area (Å²) in [7, 11) is 1.90. The van der Waals surface area contributed by atoms with E-state index in [0.29, 0.717) is 12.4 Å². The Morgan fingerprint density at radius 1 is 1.21 bits per heavy atom. The van der Waals surface area contributed by atoms with Gasteiger partial charge in [-0.1, -0.05) is 12.1 Å². The molecule has 7 heteroatoms. The van der Waals surface area contributed by atoms with Crippen molar-refractivity contribution in [3.05, 3.63) is 42.9 Å². The maximum absolute atomic E-state index is 12.5. The molecule has 1 N–H and O–H groups in total. The third-order valence-electron chi connectivity index (χ3n) is 5.20. The summed E-state index contributed by atoms with van der Waals surface area (Å²) in [6, 6.07) is 8.13. The smallest absolute Gasteiger partial charge is 0.231 e. The number of hydrogen-bond acceptors (Lipinski definition) is 5. The van der Waals surface area contributed by atoms with Gasteiger partial charge in [0.15, 0.2) is 0 Å². The summed E-state index contributed by atoms with van der Waals surface area (Å²) in [5.41, 5.74) is 2.15. The van der Waals surface area contributed by atoms with E-state index in [1.165, 1.54) is 0 Å². The highest BCUT2D eigenvalue weighted by Gasteiger charge is 2.32. The van der Waals surface area contributed by atoms with E-state index in [1.54, 1.807) is 10.9 Å². The number of anilines is 1. The zero-order valence-corrected chi connectivity index (χ0v) is 17.1. The van der Waals surface area contributed by atoms with E-state index >= 15 is 0 Å². The van der Waals surface area contributed by atoms with E-state index in [0.717, 1.165) is 41.5 Å². The normalized spacial score (nSPS) is 15.0. The van der Waals surface area contributed by atoms with Crippen LogP contribution >= 0.6 is 0 Å². The Morgan fingerprint density at radius 3 is 2.76 bits per heavy atom. The monoisotopic (exact) mass is 393 g/mol. The minimum Gasteiger partial charge on any atom is -0.377 e. The number of aromatic nitrogens is 3. The number of ether oxygens (including phenoxy) is 1. The lowest BCUT2D eigenvalue weighted by Crippen LogP contribution is -2.52. The van der Waals surface area contributed by atoms with Gasteiger partial charge in [-0.15, -0.1) is 0 Å². The molecule has 0 radical (unpaired) electrons. The highest BCUT2D eigenvalue weighted by atomic mass is 16.5. The van der Waals surface area contributed by atoms with Crippen LogP contribution in [0.25, 0.3) is 21.9 Å². The van der Waals surface area contributed by atoms with Crippen molar-refractivity contribution in [1.29, 1.82) is 0 Å². The molecular formula is C22H27N5O2. The molecule has 4 rings (SSSR count). The van der Waals surface area contributed by atoms with Crippen LogP contribution in [0, 0.1) is 5.92 Å². The SMILES string of the molecule is CC(C)OCCN1CC(C(=O)Nc2cc3cc(-c4cnn(C)c4)ccc3cn2)C1. The average Bonchev–Trinajstić information content (AvgIpc) is 3.09. The summed E-state index contributed by atoms with van der Waals surface area (Å²) < 4.78 is 7.35. The van der Waals surface area contributed by atoms with Crippen LogP contribution in [0.1, 0.15) is 13.8 Å². The van der Waals surface area contributed by atoms with E-state index in [2.05, 4.69) is 32.4 Å². The molecular weight excluding hydrogens is 366 g/mol. The summed E-state index contributed by atoms with van der Waals surface area (Å²) in [5.74, 6) is 0.627. The van der Waals surface area contributed by atoms with Gasteiger partial charge in [-0.25, -0.2) is 4.98 Å². The van der Waals surface area contributed by atoms with Crippen molar-refractivity contribution in [3.8, 4) is 11.1 Å². The predicted molar refractivity (Wildman–Crippen MR) is 114 cm³/mol. The van der Waals surface area contributed by atoms with E-state index in [-0.39, 0.29) is 17.9 Å². The number of fused-ring (bicyclic) bond motifs is 1. The van der Waals surface area contributed by atoms with Crippen LogP contribution in [0.2, 0.25) is 0 Å². The molecule has 152 valence electrons. The maximum atomic E-state index is 12.5. The van der Waals surface area contributed by atoms with Gasteiger partial charge in [0, 0.05) is 50.0 Å². The van der Waals surface area contributed by atoms with Crippen LogP contribution in [0.5, 0.6) is 0 Å². The number of hydrogen-bond donors (Lipinski definition) is 1. The molecule has 1 amide bonds. The lowest BCUT2D eigenvalue weighted by molar-refractivity contribution is -0.125. The van der Waals surface area contributed by atoms with Crippen molar-refractivity contribution < 1.29 is 9.53 Å². The summed E-state index contributed by atoms with van der Waals surface area (Å²) in [6.45, 7) is 7.17. The molecule has 0 aliphatic carbocycles. The molecule has 3 heterocycles. The molecule has 0 atom stereocenters. The lowest BCUT2D eigenvalue weighted by Gasteiger charge is -2.38. The van der Waals surface area contributed by atoms with Crippen molar-refractivity contribution in [1.82, 2.24) is 19.7 Å². The first-order chi connectivity index (χ1) is 14.0. The Hall–Kier alpha value is -2.77. The second-order valence-electron chi connectivity index (χ2n) is 7.90. The summed E-state index contributed by atoms with van der Waals surface area (Å²) in [6.07, 6.45) is 5.88. The average molecular weight is 393 g/mol. The number of amides is 1. The second-order valence-corrected chi connectivity index (χ2v) is 7.90. The number of carbonyl (C=O) groups excluding carboxylic acids is 1. The minimum atomic E-state index is 0.00766. The van der Waals surface area contributed by atoms with Gasteiger partial charge in [0.2, 0.25) is 5.91 Å². The zero-order chi connectivity index (χ0) is 20.4. The van der Waals surface area contributed by atoms with Gasteiger partial charge >= 0.3 is 0 Å². The second kappa shape index (κ2) is 8.31. The molecule has 1 aliphatic rings. The van der Waals surface area contributed by atoms with Crippen LogP contribution in [0.3, 0.4) is 0 Å². The minimum absolute atomic E-state index is 0.00766. The topological polar surface area (TPSA) is 72.3 Å². The fraction of sp³-hybridized carbons (Fsp3) is 0.409. The van der Waals surface area contributed by atoms with Crippen LogP contribution < -0.4 is 5.32 Å². The highest BCUT2D eigenvalue weighted by molar-refractivity contribution is 5.95. The van der Waals surface area contributed by atoms with Gasteiger partial charge in [-0.2, -0.15) is 5.10 Å². The molecule has 7 nitrogen and oxygen atoms in total. The molecule has 0 saturated carbocycles. The molecule has 1 aliphatic heterocycles. The Morgan fingerprint density at radius 2 is 2.03 bits per heavy atom. The molecule has 2 aromatic heterocycles. The van der Waals surface area contributed by atoms with Crippen molar-refractivity contribution in [2.75, 3.05) is 31.6 Å². The predicted octanol–water partition coefficient (Wildman–Crippen LogP) is 2.93. The number of likely N-dealkylation sites (tertiary alicyclic amines) is 1. The number of nitrogens with one attached hydrogen (secondary N) is 1. The fourth-order valence-corrected chi connectivity index (χ4v) is 3.52. The van der Waals surface area contributed by atoms with Crippen LogP contribution in [-0.4, -0.2) is 57.9 Å². The van der Waals surface area contributed by atoms with Crippen molar-refractivity contribution in [2.24, 2.45) is 13.0 Å². The lowest BCUT2D eigenvalue weighted by atomic mass is 9.99. The number of rotatable bonds is 7. The quantitative estimate of drug-likeness (QED) is 0.668. The molecule has 1 saturated heterocycles. The Labute approximate surface area is 170 Å². The van der Waals surface area contributed by atoms with E-state index in [4.69, 9.17) is 4.74 Å². The molecule has 0 unspecified atom stereocenters. The zero-order valence-electron chi connectivity index (χ0n) is 17.1. The van der Waals surface area contributed by atoms with Crippen molar-refractivity contribution >= 4 is 22.5 Å². The third-order valence-corrected chi connectivity index (χ3v) is 5.20. The van der Waals surface area contributed by atoms with Crippen LogP contribution in [-0.2, 0) is 16.6 Å². The largest absolute Gasteiger partial charge is 0.377 e. The molecule has 1 aromatic carbocycles. The number of nitrogens with zero attached hydrogens (tertiary/aromatic N) is 4. The first-order valence-electron chi connectivity index (χ1n) is 10.0. The molecule has 3 aromatic rings. The number of aryl methyl sites for hydroxylation is 1. The molecule has 1 fully saturated rings. The van der Waals surface area contributed by atoms with Gasteiger partial charge < -0.3 is 10.1 Å². The third kappa shape index (κ3) is 4.63. The summed E-state index contributed by atoms with van der Waals surface area (Å²) in [5, 5.41) is 9.28. The summed E-state index contributed by atoms with van der Waals surface area (Å²) in [4.78, 5) is 19.2. The Kier molecular flexibility index (Phi) is 5.60. The molecule has 0 bridgehead atoms. The van der Waals surface area contributed by atoms with Crippen molar-refractivity contribution in [3.63, 3.8) is 0 Å². The highest BCUT2D eigenvalue weighted by Crippen LogP contribution is 2.25. The number of benzene rings is 1. The number of pyridine rings is 1. The Balaban J connectivity index is 1.37. The van der Waals surface area contributed by atoms with E-state index in [9.17, 15) is 4.79 Å². The van der Waals surface area contributed by atoms with Gasteiger partial charge in [0.1, 0.15) is 5.82 Å². The molecule has 29 heavy (non-hydrogen) atoms. The van der Waals surface area contributed by atoms with E-state index < -0.39 is 0 Å². The first kappa shape index (κ1) is 19.5. The first-order valence-corrected chi connectivity index (χ1v) is 10.0. The molecule has 0 spiro atoms. The Bertz CT molecular complexity index is 1010. The van der Waals surface area contributed by atoms with Gasteiger partial charge in [-0.3, -0.25) is 14.4 Å². The van der Waals surface area contributed by atoms with Gasteiger partial charge in [0.05, 0.1) is 24.8 Å².